The van der Waals surface area contributed by atoms with Gasteiger partial charge in [0.25, 0.3) is 0 Å². The SMILES string of the molecule is Cc1nc(Cl)cc(NC2CC3CCC2C3)n1. The van der Waals surface area contributed by atoms with Gasteiger partial charge in [-0.2, -0.15) is 0 Å². The predicted octanol–water partition coefficient (Wildman–Crippen LogP) is 3.04. The van der Waals surface area contributed by atoms with Gasteiger partial charge < -0.3 is 5.32 Å². The Morgan fingerprint density at radius 3 is 2.81 bits per heavy atom. The van der Waals surface area contributed by atoms with Crippen molar-refractivity contribution in [2.24, 2.45) is 11.8 Å². The molecular formula is C12H16ClN3. The predicted molar refractivity (Wildman–Crippen MR) is 64.6 cm³/mol. The van der Waals surface area contributed by atoms with Crippen LogP contribution in [-0.4, -0.2) is 16.0 Å². The van der Waals surface area contributed by atoms with E-state index in [9.17, 15) is 0 Å². The van der Waals surface area contributed by atoms with Crippen molar-refractivity contribution in [3.8, 4) is 0 Å². The van der Waals surface area contributed by atoms with E-state index in [1.54, 1.807) is 0 Å². The smallest absolute Gasteiger partial charge is 0.134 e. The molecule has 86 valence electrons. The van der Waals surface area contributed by atoms with Crippen molar-refractivity contribution in [2.45, 2.75) is 38.6 Å². The van der Waals surface area contributed by atoms with Crippen molar-refractivity contribution < 1.29 is 0 Å². The topological polar surface area (TPSA) is 37.8 Å². The molecule has 2 aliphatic rings. The average Bonchev–Trinajstić information content (AvgIpc) is 2.77. The van der Waals surface area contributed by atoms with Crippen LogP contribution in [0.5, 0.6) is 0 Å². The van der Waals surface area contributed by atoms with Crippen LogP contribution in [0, 0.1) is 18.8 Å². The monoisotopic (exact) mass is 237 g/mol. The molecule has 0 amide bonds. The lowest BCUT2D eigenvalue weighted by molar-refractivity contribution is 0.439. The van der Waals surface area contributed by atoms with E-state index in [4.69, 9.17) is 11.6 Å². The van der Waals surface area contributed by atoms with Gasteiger partial charge >= 0.3 is 0 Å². The zero-order valence-corrected chi connectivity index (χ0v) is 10.2. The molecule has 4 heteroatoms. The lowest BCUT2D eigenvalue weighted by Crippen LogP contribution is -2.26. The van der Waals surface area contributed by atoms with E-state index >= 15 is 0 Å². The van der Waals surface area contributed by atoms with Crippen molar-refractivity contribution in [2.75, 3.05) is 5.32 Å². The van der Waals surface area contributed by atoms with Crippen LogP contribution >= 0.6 is 11.6 Å². The number of rotatable bonds is 2. The second-order valence-corrected chi connectivity index (χ2v) is 5.44. The summed E-state index contributed by atoms with van der Waals surface area (Å²) in [6, 6.07) is 2.42. The van der Waals surface area contributed by atoms with E-state index < -0.39 is 0 Å². The minimum Gasteiger partial charge on any atom is -0.367 e. The lowest BCUT2D eigenvalue weighted by atomic mass is 9.95. The largest absolute Gasteiger partial charge is 0.367 e. The van der Waals surface area contributed by atoms with Gasteiger partial charge in [-0.3, -0.25) is 0 Å². The number of halogens is 1. The molecule has 3 unspecified atom stereocenters. The first-order chi connectivity index (χ1) is 7.70. The first kappa shape index (κ1) is 10.3. The minimum atomic E-state index is 0.526. The van der Waals surface area contributed by atoms with E-state index in [2.05, 4.69) is 15.3 Å². The molecule has 0 saturated heterocycles. The maximum Gasteiger partial charge on any atom is 0.134 e. The normalized spacial score (nSPS) is 32.0. The molecule has 0 aromatic carbocycles. The van der Waals surface area contributed by atoms with Crippen molar-refractivity contribution >= 4 is 17.4 Å². The fourth-order valence-corrected chi connectivity index (χ4v) is 3.44. The molecule has 2 bridgehead atoms. The van der Waals surface area contributed by atoms with Crippen LogP contribution < -0.4 is 5.32 Å². The molecule has 1 aromatic heterocycles. The molecule has 2 fully saturated rings. The Morgan fingerprint density at radius 1 is 1.31 bits per heavy atom. The summed E-state index contributed by atoms with van der Waals surface area (Å²) in [5, 5.41) is 4.04. The summed E-state index contributed by atoms with van der Waals surface area (Å²) in [6.45, 7) is 1.87. The van der Waals surface area contributed by atoms with Gasteiger partial charge in [0.15, 0.2) is 0 Å². The van der Waals surface area contributed by atoms with Crippen LogP contribution in [0.4, 0.5) is 5.82 Å². The minimum absolute atomic E-state index is 0.526. The highest BCUT2D eigenvalue weighted by molar-refractivity contribution is 6.29. The van der Waals surface area contributed by atoms with E-state index in [1.807, 2.05) is 13.0 Å². The zero-order valence-electron chi connectivity index (χ0n) is 9.41. The van der Waals surface area contributed by atoms with Crippen LogP contribution in [0.25, 0.3) is 0 Å². The van der Waals surface area contributed by atoms with Crippen molar-refractivity contribution in [3.63, 3.8) is 0 Å². The number of fused-ring (bicyclic) bond motifs is 2. The average molecular weight is 238 g/mol. The van der Waals surface area contributed by atoms with Crippen LogP contribution in [0.15, 0.2) is 6.07 Å². The summed E-state index contributed by atoms with van der Waals surface area (Å²) < 4.78 is 0. The van der Waals surface area contributed by atoms with E-state index in [0.717, 1.165) is 23.5 Å². The second kappa shape index (κ2) is 3.88. The van der Waals surface area contributed by atoms with Gasteiger partial charge in [-0.05, 0) is 38.0 Å². The first-order valence-electron chi connectivity index (χ1n) is 5.98. The van der Waals surface area contributed by atoms with Crippen LogP contribution in [-0.2, 0) is 0 Å². The lowest BCUT2D eigenvalue weighted by Gasteiger charge is -2.23. The maximum absolute atomic E-state index is 5.92. The Kier molecular flexibility index (Phi) is 2.51. The summed E-state index contributed by atoms with van der Waals surface area (Å²) in [5.74, 6) is 3.41. The molecule has 2 aliphatic carbocycles. The third-order valence-electron chi connectivity index (χ3n) is 3.88. The highest BCUT2D eigenvalue weighted by atomic mass is 35.5. The highest BCUT2D eigenvalue weighted by Gasteiger charge is 2.39. The summed E-state index contributed by atoms with van der Waals surface area (Å²) in [7, 11) is 0. The van der Waals surface area contributed by atoms with Crippen LogP contribution in [0.1, 0.15) is 31.5 Å². The molecule has 3 nitrogen and oxygen atoms in total. The van der Waals surface area contributed by atoms with Crippen molar-refractivity contribution in [1.29, 1.82) is 0 Å². The molecule has 3 rings (SSSR count). The molecule has 0 spiro atoms. The van der Waals surface area contributed by atoms with Gasteiger partial charge in [-0.1, -0.05) is 18.0 Å². The number of aryl methyl sites for hydroxylation is 1. The molecular weight excluding hydrogens is 222 g/mol. The first-order valence-corrected chi connectivity index (χ1v) is 6.36. The number of nitrogens with one attached hydrogen (secondary N) is 1. The van der Waals surface area contributed by atoms with Crippen molar-refractivity contribution in [3.05, 3.63) is 17.0 Å². The molecule has 2 saturated carbocycles. The van der Waals surface area contributed by atoms with E-state index in [0.29, 0.717) is 11.2 Å². The number of hydrogen-bond acceptors (Lipinski definition) is 3. The molecule has 1 heterocycles. The molecule has 3 atom stereocenters. The molecule has 1 N–H and O–H groups in total. The fraction of sp³-hybridized carbons (Fsp3) is 0.667. The van der Waals surface area contributed by atoms with Gasteiger partial charge in [0.2, 0.25) is 0 Å². The van der Waals surface area contributed by atoms with Gasteiger partial charge in [0, 0.05) is 12.1 Å². The third kappa shape index (κ3) is 1.88. The molecule has 0 aliphatic heterocycles. The number of anilines is 1. The van der Waals surface area contributed by atoms with Crippen LogP contribution in [0.2, 0.25) is 5.15 Å². The van der Waals surface area contributed by atoms with Crippen molar-refractivity contribution in [1.82, 2.24) is 9.97 Å². The quantitative estimate of drug-likeness (QED) is 0.804. The Bertz CT molecular complexity index is 387. The van der Waals surface area contributed by atoms with E-state index in [1.165, 1.54) is 25.7 Å². The van der Waals surface area contributed by atoms with Gasteiger partial charge in [-0.25, -0.2) is 9.97 Å². The highest BCUT2D eigenvalue weighted by Crippen LogP contribution is 2.45. The summed E-state index contributed by atoms with van der Waals surface area (Å²) in [4.78, 5) is 8.45. The third-order valence-corrected chi connectivity index (χ3v) is 4.07. The second-order valence-electron chi connectivity index (χ2n) is 5.05. The Morgan fingerprint density at radius 2 is 2.19 bits per heavy atom. The summed E-state index contributed by atoms with van der Waals surface area (Å²) >= 11 is 5.92. The number of aromatic nitrogens is 2. The number of hydrogen-bond donors (Lipinski definition) is 1. The van der Waals surface area contributed by atoms with Gasteiger partial charge in [0.05, 0.1) is 0 Å². The Hall–Kier alpha value is -0.830. The van der Waals surface area contributed by atoms with Gasteiger partial charge in [-0.15, -0.1) is 0 Å². The Labute approximate surface area is 101 Å². The van der Waals surface area contributed by atoms with Gasteiger partial charge in [0.1, 0.15) is 16.8 Å². The van der Waals surface area contributed by atoms with Crippen LogP contribution in [0.3, 0.4) is 0 Å². The molecule has 0 radical (unpaired) electrons. The maximum atomic E-state index is 5.92. The summed E-state index contributed by atoms with van der Waals surface area (Å²) in [6.07, 6.45) is 5.49. The number of nitrogens with zero attached hydrogens (tertiary/aromatic N) is 2. The fourth-order valence-electron chi connectivity index (χ4n) is 3.22. The zero-order chi connectivity index (χ0) is 11.1. The summed E-state index contributed by atoms with van der Waals surface area (Å²) in [5.41, 5.74) is 0. The standard InChI is InChI=1S/C12H16ClN3/c1-7-14-11(13)6-12(15-7)16-10-5-8-2-3-9(10)4-8/h6,8-10H,2-5H2,1H3,(H,14,15,16). The molecule has 1 aromatic rings. The Balaban J connectivity index is 1.74. The molecule has 16 heavy (non-hydrogen) atoms. The van der Waals surface area contributed by atoms with E-state index in [-0.39, 0.29) is 0 Å².